The fourth-order valence-electron chi connectivity index (χ4n) is 3.60. The predicted molar refractivity (Wildman–Crippen MR) is 110 cm³/mol. The van der Waals surface area contributed by atoms with Crippen LogP contribution in [-0.2, 0) is 6.42 Å². The molecule has 0 aliphatic carbocycles. The SMILES string of the molecule is COc1ccc(Br)cc1-c1nn(-c2ccccc2C(C)C)c2c1CCN2. The van der Waals surface area contributed by atoms with Gasteiger partial charge in [-0.3, -0.25) is 0 Å². The van der Waals surface area contributed by atoms with Gasteiger partial charge in [0.05, 0.1) is 12.8 Å². The van der Waals surface area contributed by atoms with E-state index in [0.29, 0.717) is 5.92 Å². The fourth-order valence-corrected chi connectivity index (χ4v) is 3.96. The zero-order valence-electron chi connectivity index (χ0n) is 15.2. The number of hydrogen-bond acceptors (Lipinski definition) is 3. The number of nitrogens with zero attached hydrogens (tertiary/aromatic N) is 2. The Hall–Kier alpha value is -2.27. The van der Waals surface area contributed by atoms with E-state index in [0.717, 1.165) is 46.0 Å². The van der Waals surface area contributed by atoms with Gasteiger partial charge in [-0.15, -0.1) is 0 Å². The molecule has 1 aromatic heterocycles. The Morgan fingerprint density at radius 3 is 2.77 bits per heavy atom. The minimum absolute atomic E-state index is 0.427. The Morgan fingerprint density at radius 1 is 1.19 bits per heavy atom. The van der Waals surface area contributed by atoms with Gasteiger partial charge in [-0.1, -0.05) is 48.0 Å². The average molecular weight is 412 g/mol. The van der Waals surface area contributed by atoms with Crippen molar-refractivity contribution in [1.29, 1.82) is 0 Å². The second-order valence-electron chi connectivity index (χ2n) is 6.82. The monoisotopic (exact) mass is 411 g/mol. The number of anilines is 1. The number of para-hydroxylation sites is 1. The molecule has 5 heteroatoms. The van der Waals surface area contributed by atoms with E-state index in [1.807, 2.05) is 12.1 Å². The summed E-state index contributed by atoms with van der Waals surface area (Å²) in [5.74, 6) is 2.36. The van der Waals surface area contributed by atoms with Crippen molar-refractivity contribution in [3.05, 3.63) is 58.1 Å². The van der Waals surface area contributed by atoms with Crippen LogP contribution >= 0.6 is 15.9 Å². The minimum atomic E-state index is 0.427. The highest BCUT2D eigenvalue weighted by Gasteiger charge is 2.26. The summed E-state index contributed by atoms with van der Waals surface area (Å²) >= 11 is 3.58. The van der Waals surface area contributed by atoms with Crippen molar-refractivity contribution >= 4 is 21.7 Å². The first-order valence-corrected chi connectivity index (χ1v) is 9.68. The summed E-state index contributed by atoms with van der Waals surface area (Å²) in [4.78, 5) is 0. The van der Waals surface area contributed by atoms with Gasteiger partial charge in [0, 0.05) is 22.1 Å². The number of methoxy groups -OCH3 is 1. The highest BCUT2D eigenvalue weighted by molar-refractivity contribution is 9.10. The average Bonchev–Trinajstić information content (AvgIpc) is 3.24. The van der Waals surface area contributed by atoms with Crippen molar-refractivity contribution in [2.45, 2.75) is 26.2 Å². The third kappa shape index (κ3) is 2.80. The summed E-state index contributed by atoms with van der Waals surface area (Å²) in [6.07, 6.45) is 0.962. The number of nitrogens with one attached hydrogen (secondary N) is 1. The van der Waals surface area contributed by atoms with Crippen LogP contribution in [0.2, 0.25) is 0 Å². The highest BCUT2D eigenvalue weighted by Crippen LogP contribution is 2.40. The maximum atomic E-state index is 5.60. The number of fused-ring (bicyclic) bond motifs is 1. The number of rotatable bonds is 4. The number of hydrogen-bond donors (Lipinski definition) is 1. The molecule has 134 valence electrons. The van der Waals surface area contributed by atoms with Gasteiger partial charge in [0.25, 0.3) is 0 Å². The number of aromatic nitrogens is 2. The van der Waals surface area contributed by atoms with Crippen molar-refractivity contribution in [2.24, 2.45) is 0 Å². The van der Waals surface area contributed by atoms with Gasteiger partial charge >= 0.3 is 0 Å². The molecular formula is C21H22BrN3O. The number of ether oxygens (including phenoxy) is 1. The Bertz CT molecular complexity index is 962. The van der Waals surface area contributed by atoms with E-state index in [4.69, 9.17) is 9.84 Å². The molecule has 1 N–H and O–H groups in total. The van der Waals surface area contributed by atoms with Gasteiger partial charge in [0.2, 0.25) is 0 Å². The normalized spacial score (nSPS) is 13.0. The molecule has 0 bridgehead atoms. The van der Waals surface area contributed by atoms with E-state index in [1.165, 1.54) is 11.1 Å². The van der Waals surface area contributed by atoms with E-state index < -0.39 is 0 Å². The Morgan fingerprint density at radius 2 is 2.00 bits per heavy atom. The second kappa shape index (κ2) is 6.80. The predicted octanol–water partition coefficient (Wildman–Crippen LogP) is 5.40. The van der Waals surface area contributed by atoms with Gasteiger partial charge in [-0.25, -0.2) is 4.68 Å². The van der Waals surface area contributed by atoms with Crippen molar-refractivity contribution in [3.8, 4) is 22.7 Å². The standard InChI is InChI=1S/C21H22BrN3O/c1-13(2)15-6-4-5-7-18(15)25-21-16(10-11-23-21)20(24-25)17-12-14(22)8-9-19(17)26-3/h4-9,12-13,23H,10-11H2,1-3H3. The van der Waals surface area contributed by atoms with Crippen molar-refractivity contribution < 1.29 is 4.74 Å². The van der Waals surface area contributed by atoms with Crippen LogP contribution in [0.25, 0.3) is 16.9 Å². The first-order valence-electron chi connectivity index (χ1n) is 8.89. The highest BCUT2D eigenvalue weighted by atomic mass is 79.9. The van der Waals surface area contributed by atoms with Crippen LogP contribution < -0.4 is 10.1 Å². The molecule has 0 spiro atoms. The first-order chi connectivity index (χ1) is 12.6. The molecule has 1 aliphatic rings. The van der Waals surface area contributed by atoms with E-state index >= 15 is 0 Å². The van der Waals surface area contributed by atoms with Gasteiger partial charge in [0.15, 0.2) is 0 Å². The van der Waals surface area contributed by atoms with E-state index in [-0.39, 0.29) is 0 Å². The molecule has 4 rings (SSSR count). The molecule has 0 fully saturated rings. The summed E-state index contributed by atoms with van der Waals surface area (Å²) in [6.45, 7) is 5.36. The second-order valence-corrected chi connectivity index (χ2v) is 7.74. The summed E-state index contributed by atoms with van der Waals surface area (Å²) in [5, 5.41) is 8.54. The Balaban J connectivity index is 1.95. The van der Waals surface area contributed by atoms with E-state index in [9.17, 15) is 0 Å². The third-order valence-corrected chi connectivity index (χ3v) is 5.35. The topological polar surface area (TPSA) is 39.1 Å². The maximum Gasteiger partial charge on any atom is 0.133 e. The lowest BCUT2D eigenvalue weighted by molar-refractivity contribution is 0.416. The zero-order chi connectivity index (χ0) is 18.3. The number of benzene rings is 2. The lowest BCUT2D eigenvalue weighted by Crippen LogP contribution is -2.07. The molecule has 26 heavy (non-hydrogen) atoms. The molecule has 0 atom stereocenters. The molecule has 0 saturated carbocycles. The van der Waals surface area contributed by atoms with Gasteiger partial charge in [-0.05, 0) is 42.2 Å². The summed E-state index contributed by atoms with van der Waals surface area (Å²) < 4.78 is 8.68. The summed E-state index contributed by atoms with van der Waals surface area (Å²) in [7, 11) is 1.70. The molecule has 4 nitrogen and oxygen atoms in total. The smallest absolute Gasteiger partial charge is 0.133 e. The van der Waals surface area contributed by atoms with Crippen molar-refractivity contribution in [1.82, 2.24) is 9.78 Å². The molecule has 0 saturated heterocycles. The summed E-state index contributed by atoms with van der Waals surface area (Å²) in [5.41, 5.74) is 5.68. The quantitative estimate of drug-likeness (QED) is 0.624. The maximum absolute atomic E-state index is 5.60. The minimum Gasteiger partial charge on any atom is -0.496 e. The molecular weight excluding hydrogens is 390 g/mol. The molecule has 0 amide bonds. The van der Waals surface area contributed by atoms with Gasteiger partial charge in [0.1, 0.15) is 17.3 Å². The van der Waals surface area contributed by atoms with Gasteiger partial charge in [-0.2, -0.15) is 5.10 Å². The molecule has 2 heterocycles. The Kier molecular flexibility index (Phi) is 4.49. The van der Waals surface area contributed by atoms with Crippen LogP contribution in [0.15, 0.2) is 46.9 Å². The molecule has 0 radical (unpaired) electrons. The van der Waals surface area contributed by atoms with E-state index in [2.05, 4.69) is 70.1 Å². The molecule has 1 aliphatic heterocycles. The lowest BCUT2D eigenvalue weighted by atomic mass is 10.0. The van der Waals surface area contributed by atoms with Crippen LogP contribution in [0.3, 0.4) is 0 Å². The lowest BCUT2D eigenvalue weighted by Gasteiger charge is -2.14. The summed E-state index contributed by atoms with van der Waals surface area (Å²) in [6, 6.07) is 14.5. The third-order valence-electron chi connectivity index (χ3n) is 4.85. The number of halogens is 1. The first kappa shape index (κ1) is 17.2. The van der Waals surface area contributed by atoms with Crippen LogP contribution in [0.1, 0.15) is 30.9 Å². The van der Waals surface area contributed by atoms with Crippen LogP contribution in [0.5, 0.6) is 5.75 Å². The van der Waals surface area contributed by atoms with Gasteiger partial charge < -0.3 is 10.1 Å². The fraction of sp³-hybridized carbons (Fsp3) is 0.286. The van der Waals surface area contributed by atoms with E-state index in [1.54, 1.807) is 7.11 Å². The molecule has 0 unspecified atom stereocenters. The van der Waals surface area contributed by atoms with Crippen molar-refractivity contribution in [3.63, 3.8) is 0 Å². The van der Waals surface area contributed by atoms with Crippen LogP contribution in [0.4, 0.5) is 5.82 Å². The molecule has 3 aromatic rings. The van der Waals surface area contributed by atoms with Crippen LogP contribution in [0, 0.1) is 0 Å². The van der Waals surface area contributed by atoms with Crippen molar-refractivity contribution in [2.75, 3.05) is 19.0 Å². The largest absolute Gasteiger partial charge is 0.496 e. The zero-order valence-corrected chi connectivity index (χ0v) is 16.8. The van der Waals surface area contributed by atoms with Crippen LogP contribution in [-0.4, -0.2) is 23.4 Å². The Labute approximate surface area is 162 Å². The molecule has 2 aromatic carbocycles.